The summed E-state index contributed by atoms with van der Waals surface area (Å²) in [6.07, 6.45) is -1.06. The Hall–Kier alpha value is -1.97. The molecule has 0 aliphatic carbocycles. The average molecular weight is 413 g/mol. The van der Waals surface area contributed by atoms with Crippen LogP contribution in [0.15, 0.2) is 23.1 Å². The van der Waals surface area contributed by atoms with Crippen LogP contribution in [0.4, 0.5) is 0 Å². The van der Waals surface area contributed by atoms with Gasteiger partial charge in [-0.3, -0.25) is 9.59 Å². The van der Waals surface area contributed by atoms with Gasteiger partial charge in [0.15, 0.2) is 6.61 Å². The van der Waals surface area contributed by atoms with Gasteiger partial charge in [-0.05, 0) is 57.9 Å². The number of aliphatic hydroxyl groups excluding tert-OH is 1. The lowest BCUT2D eigenvalue weighted by molar-refractivity contribution is -0.152. The average Bonchev–Trinajstić information content (AvgIpc) is 2.96. The van der Waals surface area contributed by atoms with Crippen LogP contribution in [-0.2, 0) is 24.3 Å². The number of aliphatic hydroxyl groups is 1. The van der Waals surface area contributed by atoms with Crippen LogP contribution in [0, 0.1) is 13.8 Å². The highest BCUT2D eigenvalue weighted by molar-refractivity contribution is 7.89. The Balaban J connectivity index is 2.16. The molecule has 1 aromatic rings. The summed E-state index contributed by atoms with van der Waals surface area (Å²) < 4.78 is 32.0. The number of hydrogen-bond acceptors (Lipinski definition) is 6. The molecule has 1 saturated heterocycles. The molecule has 0 unspecified atom stereocenters. The van der Waals surface area contributed by atoms with Gasteiger partial charge in [0.1, 0.15) is 6.04 Å². The van der Waals surface area contributed by atoms with Crippen molar-refractivity contribution in [2.45, 2.75) is 63.6 Å². The van der Waals surface area contributed by atoms with E-state index in [0.29, 0.717) is 0 Å². The van der Waals surface area contributed by atoms with Crippen LogP contribution < -0.4 is 5.32 Å². The predicted octanol–water partition coefficient (Wildman–Crippen LogP) is 0.885. The van der Waals surface area contributed by atoms with Gasteiger partial charge in [-0.15, -0.1) is 0 Å². The fourth-order valence-corrected chi connectivity index (χ4v) is 4.67. The van der Waals surface area contributed by atoms with E-state index in [1.54, 1.807) is 33.8 Å². The molecule has 0 spiro atoms. The standard InChI is InChI=1S/C19H28N2O6S/c1-12-6-7-15(8-13(12)2)28(25,26)21-10-14(22)9-16(21)18(24)27-11-17(23)20-19(3,4)5/h6-8,14,16,22H,9-11H2,1-5H3,(H,20,23)/t14-,16+/m1/s1. The van der Waals surface area contributed by atoms with Gasteiger partial charge in [0.2, 0.25) is 10.0 Å². The second-order valence-corrected chi connectivity index (χ2v) is 10.0. The second-order valence-electron chi connectivity index (χ2n) is 8.13. The molecule has 1 heterocycles. The molecule has 0 radical (unpaired) electrons. The molecule has 1 fully saturated rings. The number of amides is 1. The van der Waals surface area contributed by atoms with Gasteiger partial charge in [0, 0.05) is 18.5 Å². The molecule has 2 rings (SSSR count). The van der Waals surface area contributed by atoms with Crippen molar-refractivity contribution >= 4 is 21.9 Å². The lowest BCUT2D eigenvalue weighted by Gasteiger charge is -2.23. The Morgan fingerprint density at radius 3 is 2.46 bits per heavy atom. The van der Waals surface area contributed by atoms with E-state index < -0.39 is 46.2 Å². The first-order chi connectivity index (χ1) is 12.8. The minimum atomic E-state index is -4.00. The molecule has 0 aromatic heterocycles. The SMILES string of the molecule is Cc1ccc(S(=O)(=O)N2C[C@H](O)C[C@H]2C(=O)OCC(=O)NC(C)(C)C)cc1C. The number of β-amino-alcohol motifs (C(OH)–C–C–N with tert-alkyl or cyclic N) is 1. The molecule has 2 N–H and O–H groups in total. The van der Waals surface area contributed by atoms with E-state index in [4.69, 9.17) is 4.74 Å². The molecule has 1 aromatic carbocycles. The maximum absolute atomic E-state index is 13.0. The van der Waals surface area contributed by atoms with Crippen molar-refractivity contribution in [1.29, 1.82) is 0 Å². The fraction of sp³-hybridized carbons (Fsp3) is 0.579. The van der Waals surface area contributed by atoms with Gasteiger partial charge >= 0.3 is 5.97 Å². The highest BCUT2D eigenvalue weighted by atomic mass is 32.2. The number of esters is 1. The van der Waals surface area contributed by atoms with Crippen molar-refractivity contribution in [3.05, 3.63) is 29.3 Å². The first-order valence-electron chi connectivity index (χ1n) is 9.06. The van der Waals surface area contributed by atoms with Gasteiger partial charge in [-0.2, -0.15) is 4.31 Å². The predicted molar refractivity (Wildman–Crippen MR) is 103 cm³/mol. The van der Waals surface area contributed by atoms with Crippen LogP contribution in [0.3, 0.4) is 0 Å². The monoisotopic (exact) mass is 412 g/mol. The Bertz CT molecular complexity index is 860. The van der Waals surface area contributed by atoms with Gasteiger partial charge in [-0.25, -0.2) is 8.42 Å². The summed E-state index contributed by atoms with van der Waals surface area (Å²) in [5, 5.41) is 12.6. The number of rotatable bonds is 5. The van der Waals surface area contributed by atoms with E-state index in [-0.39, 0.29) is 17.9 Å². The lowest BCUT2D eigenvalue weighted by Crippen LogP contribution is -2.45. The highest BCUT2D eigenvalue weighted by Crippen LogP contribution is 2.28. The largest absolute Gasteiger partial charge is 0.454 e. The van der Waals surface area contributed by atoms with Crippen LogP contribution >= 0.6 is 0 Å². The van der Waals surface area contributed by atoms with Crippen molar-refractivity contribution in [3.8, 4) is 0 Å². The number of hydrogen-bond donors (Lipinski definition) is 2. The summed E-state index contributed by atoms with van der Waals surface area (Å²) >= 11 is 0. The molecule has 0 bridgehead atoms. The number of sulfonamides is 1. The molecule has 28 heavy (non-hydrogen) atoms. The van der Waals surface area contributed by atoms with Gasteiger partial charge < -0.3 is 15.2 Å². The Morgan fingerprint density at radius 1 is 1.25 bits per heavy atom. The molecule has 1 aliphatic heterocycles. The number of nitrogens with one attached hydrogen (secondary N) is 1. The first kappa shape index (κ1) is 22.3. The zero-order chi connectivity index (χ0) is 21.3. The number of benzene rings is 1. The summed E-state index contributed by atoms with van der Waals surface area (Å²) in [7, 11) is -4.00. The number of carbonyl (C=O) groups is 2. The van der Waals surface area contributed by atoms with Crippen molar-refractivity contribution in [1.82, 2.24) is 9.62 Å². The lowest BCUT2D eigenvalue weighted by atomic mass is 10.1. The molecule has 2 atom stereocenters. The Labute approximate surface area is 165 Å². The summed E-state index contributed by atoms with van der Waals surface area (Å²) in [6, 6.07) is 3.53. The van der Waals surface area contributed by atoms with Crippen LogP contribution in [0.1, 0.15) is 38.3 Å². The molecule has 0 saturated carbocycles. The zero-order valence-corrected chi connectivity index (χ0v) is 17.7. The van der Waals surface area contributed by atoms with Gasteiger partial charge in [0.05, 0.1) is 11.0 Å². The number of aryl methyl sites for hydroxylation is 2. The summed E-state index contributed by atoms with van der Waals surface area (Å²) in [5.74, 6) is -1.34. The normalized spacial score (nSPS) is 20.8. The van der Waals surface area contributed by atoms with E-state index in [9.17, 15) is 23.1 Å². The van der Waals surface area contributed by atoms with Crippen molar-refractivity contribution in [2.75, 3.05) is 13.2 Å². The van der Waals surface area contributed by atoms with E-state index in [1.165, 1.54) is 12.1 Å². The Morgan fingerprint density at radius 2 is 1.89 bits per heavy atom. The van der Waals surface area contributed by atoms with Crippen molar-refractivity contribution < 1.29 is 27.9 Å². The molecule has 1 amide bonds. The van der Waals surface area contributed by atoms with E-state index in [1.807, 2.05) is 6.92 Å². The fourth-order valence-electron chi connectivity index (χ4n) is 2.96. The van der Waals surface area contributed by atoms with Gasteiger partial charge in [0.25, 0.3) is 5.91 Å². The van der Waals surface area contributed by atoms with Crippen molar-refractivity contribution in [3.63, 3.8) is 0 Å². The molecular weight excluding hydrogens is 384 g/mol. The highest BCUT2D eigenvalue weighted by Gasteiger charge is 2.44. The minimum absolute atomic E-state index is 0.0491. The molecule has 1 aliphatic rings. The van der Waals surface area contributed by atoms with Crippen LogP contribution in [0.25, 0.3) is 0 Å². The zero-order valence-electron chi connectivity index (χ0n) is 16.9. The molecule has 9 heteroatoms. The smallest absolute Gasteiger partial charge is 0.325 e. The topological polar surface area (TPSA) is 113 Å². The molecular formula is C19H28N2O6S. The second kappa shape index (κ2) is 8.18. The van der Waals surface area contributed by atoms with E-state index in [2.05, 4.69) is 5.32 Å². The summed E-state index contributed by atoms with van der Waals surface area (Å²) in [5.41, 5.74) is 1.27. The number of nitrogens with zero attached hydrogens (tertiary/aromatic N) is 1. The quantitative estimate of drug-likeness (QED) is 0.695. The van der Waals surface area contributed by atoms with Crippen LogP contribution in [-0.4, -0.2) is 60.5 Å². The summed E-state index contributed by atoms with van der Waals surface area (Å²) in [4.78, 5) is 24.3. The van der Waals surface area contributed by atoms with Crippen LogP contribution in [0.5, 0.6) is 0 Å². The third kappa shape index (κ3) is 5.30. The Kier molecular flexibility index (Phi) is 6.52. The van der Waals surface area contributed by atoms with Crippen LogP contribution in [0.2, 0.25) is 0 Å². The van der Waals surface area contributed by atoms with Gasteiger partial charge in [-0.1, -0.05) is 6.07 Å². The van der Waals surface area contributed by atoms with E-state index >= 15 is 0 Å². The van der Waals surface area contributed by atoms with Crippen molar-refractivity contribution in [2.24, 2.45) is 0 Å². The third-order valence-electron chi connectivity index (χ3n) is 4.45. The number of carbonyl (C=O) groups excluding carboxylic acids is 2. The first-order valence-corrected chi connectivity index (χ1v) is 10.5. The maximum Gasteiger partial charge on any atom is 0.325 e. The molecule has 156 valence electrons. The summed E-state index contributed by atoms with van der Waals surface area (Å²) in [6.45, 7) is 8.32. The minimum Gasteiger partial charge on any atom is -0.454 e. The third-order valence-corrected chi connectivity index (χ3v) is 6.32. The number of ether oxygens (including phenoxy) is 1. The van der Waals surface area contributed by atoms with E-state index in [0.717, 1.165) is 15.4 Å². The maximum atomic E-state index is 13.0. The molecule has 8 nitrogen and oxygen atoms in total.